The van der Waals surface area contributed by atoms with E-state index < -0.39 is 22.5 Å². The Labute approximate surface area is 192 Å². The van der Waals surface area contributed by atoms with Crippen molar-refractivity contribution in [2.45, 2.75) is 10.1 Å². The molecule has 0 fully saturated rings. The van der Waals surface area contributed by atoms with E-state index in [2.05, 4.69) is 15.5 Å². The summed E-state index contributed by atoms with van der Waals surface area (Å²) < 4.78 is 26.0. The summed E-state index contributed by atoms with van der Waals surface area (Å²) in [7, 11) is -3.77. The van der Waals surface area contributed by atoms with Crippen LogP contribution in [0.15, 0.2) is 52.9 Å². The van der Waals surface area contributed by atoms with Crippen LogP contribution in [0.3, 0.4) is 0 Å². The Bertz CT molecular complexity index is 1140. The lowest BCUT2D eigenvalue weighted by molar-refractivity contribution is -0.114. The van der Waals surface area contributed by atoms with E-state index in [4.69, 9.17) is 23.2 Å². The number of hydrogen-bond acceptors (Lipinski definition) is 7. The molecule has 0 saturated heterocycles. The molecule has 3 rings (SSSR count). The highest BCUT2D eigenvalue weighted by Crippen LogP contribution is 2.31. The van der Waals surface area contributed by atoms with Gasteiger partial charge >= 0.3 is 0 Å². The van der Waals surface area contributed by atoms with E-state index in [-0.39, 0.29) is 15.8 Å². The number of nitrogens with zero attached hydrogens (tertiary/aromatic N) is 3. The van der Waals surface area contributed by atoms with Crippen LogP contribution < -0.4 is 9.62 Å². The molecule has 0 aliphatic heterocycles. The summed E-state index contributed by atoms with van der Waals surface area (Å²) in [5, 5.41) is 11.3. The number of carbonyl (C=O) groups is 1. The lowest BCUT2D eigenvalue weighted by Crippen LogP contribution is -2.37. The monoisotopic (exact) mass is 502 g/mol. The van der Waals surface area contributed by atoms with Gasteiger partial charge < -0.3 is 0 Å². The number of amides is 1. The summed E-state index contributed by atoms with van der Waals surface area (Å²) in [5.41, 5.74) is 1.31. The molecule has 0 atom stereocenters. The third-order valence-corrected chi connectivity index (χ3v) is 7.43. The number of hydrogen-bond donors (Lipinski definition) is 1. The maximum atomic E-state index is 12.5. The number of sulfonamides is 1. The van der Waals surface area contributed by atoms with Crippen LogP contribution in [-0.2, 0) is 20.6 Å². The van der Waals surface area contributed by atoms with Crippen LogP contribution in [0.2, 0.25) is 10.0 Å². The molecule has 1 amide bonds. The Kier molecular flexibility index (Phi) is 7.59. The van der Waals surface area contributed by atoms with Crippen molar-refractivity contribution < 1.29 is 13.2 Å². The maximum Gasteiger partial charge on any atom is 0.246 e. The van der Waals surface area contributed by atoms with Crippen LogP contribution >= 0.6 is 46.3 Å². The molecule has 3 aromatic rings. The third-order valence-electron chi connectivity index (χ3n) is 3.72. The van der Waals surface area contributed by atoms with E-state index in [1.165, 1.54) is 41.3 Å². The van der Waals surface area contributed by atoms with Crippen molar-refractivity contribution in [1.29, 1.82) is 0 Å². The van der Waals surface area contributed by atoms with Gasteiger partial charge in [-0.25, -0.2) is 8.42 Å². The summed E-state index contributed by atoms with van der Waals surface area (Å²) in [5.74, 6) is 0.155. The summed E-state index contributed by atoms with van der Waals surface area (Å²) in [6.45, 7) is -0.466. The first-order valence-corrected chi connectivity index (χ1v) is 12.9. The number of carbonyl (C=O) groups excluding carboxylic acids is 1. The van der Waals surface area contributed by atoms with E-state index in [1.54, 1.807) is 0 Å². The SMILES string of the molecule is CS(=O)(=O)N(CC(=O)Nc1nnc(SCc2ccccc2)s1)c1ccc(Cl)cc1Cl. The Morgan fingerprint density at radius 3 is 2.57 bits per heavy atom. The van der Waals surface area contributed by atoms with Crippen molar-refractivity contribution in [3.8, 4) is 0 Å². The normalized spacial score (nSPS) is 11.3. The van der Waals surface area contributed by atoms with Crippen LogP contribution in [0.1, 0.15) is 5.56 Å². The second-order valence-electron chi connectivity index (χ2n) is 6.06. The van der Waals surface area contributed by atoms with Gasteiger partial charge in [0.1, 0.15) is 6.54 Å². The van der Waals surface area contributed by atoms with Gasteiger partial charge in [-0.2, -0.15) is 0 Å². The zero-order valence-electron chi connectivity index (χ0n) is 15.6. The van der Waals surface area contributed by atoms with E-state index in [1.807, 2.05) is 30.3 Å². The van der Waals surface area contributed by atoms with E-state index in [0.29, 0.717) is 9.36 Å². The van der Waals surface area contributed by atoms with Gasteiger partial charge in [0.25, 0.3) is 0 Å². The summed E-state index contributed by atoms with van der Waals surface area (Å²) in [6, 6.07) is 14.3. The van der Waals surface area contributed by atoms with Gasteiger partial charge in [-0.05, 0) is 23.8 Å². The molecule has 0 bridgehead atoms. The highest BCUT2D eigenvalue weighted by molar-refractivity contribution is 8.00. The molecule has 2 aromatic carbocycles. The van der Waals surface area contributed by atoms with E-state index in [0.717, 1.165) is 21.9 Å². The molecular weight excluding hydrogens is 487 g/mol. The molecule has 0 aliphatic rings. The molecule has 158 valence electrons. The van der Waals surface area contributed by atoms with Gasteiger partial charge in [-0.3, -0.25) is 14.4 Å². The number of rotatable bonds is 8. The van der Waals surface area contributed by atoms with Crippen molar-refractivity contribution >= 4 is 73.0 Å². The van der Waals surface area contributed by atoms with E-state index in [9.17, 15) is 13.2 Å². The second-order valence-corrected chi connectivity index (χ2v) is 11.0. The average Bonchev–Trinajstić information content (AvgIpc) is 3.12. The van der Waals surface area contributed by atoms with Crippen molar-refractivity contribution in [2.24, 2.45) is 0 Å². The highest BCUT2D eigenvalue weighted by Gasteiger charge is 2.23. The molecule has 1 heterocycles. The topological polar surface area (TPSA) is 92.3 Å². The zero-order chi connectivity index (χ0) is 21.7. The molecule has 1 N–H and O–H groups in total. The van der Waals surface area contributed by atoms with Gasteiger partial charge in [0.15, 0.2) is 4.34 Å². The summed E-state index contributed by atoms with van der Waals surface area (Å²) >= 11 is 14.7. The zero-order valence-corrected chi connectivity index (χ0v) is 19.5. The highest BCUT2D eigenvalue weighted by atomic mass is 35.5. The minimum Gasteiger partial charge on any atom is -0.299 e. The third kappa shape index (κ3) is 6.32. The number of thioether (sulfide) groups is 1. The Morgan fingerprint density at radius 1 is 1.17 bits per heavy atom. The van der Waals surface area contributed by atoms with Crippen LogP contribution in [0.4, 0.5) is 10.8 Å². The molecule has 0 saturated carbocycles. The number of benzene rings is 2. The number of anilines is 2. The first-order valence-electron chi connectivity index (χ1n) is 8.45. The lowest BCUT2D eigenvalue weighted by Gasteiger charge is -2.22. The number of aromatic nitrogens is 2. The van der Waals surface area contributed by atoms with Crippen LogP contribution in [0, 0.1) is 0 Å². The molecule has 7 nitrogen and oxygen atoms in total. The molecule has 12 heteroatoms. The molecule has 0 radical (unpaired) electrons. The number of halogens is 2. The fourth-order valence-corrected chi connectivity index (χ4v) is 5.54. The maximum absolute atomic E-state index is 12.5. The molecule has 0 aliphatic carbocycles. The van der Waals surface area contributed by atoms with Gasteiger partial charge in [0.2, 0.25) is 21.1 Å². The standard InChI is InChI=1S/C18H16Cl2N4O3S3/c1-30(26,27)24(15-8-7-13(19)9-14(15)20)10-16(25)21-17-22-23-18(29-17)28-11-12-5-3-2-4-6-12/h2-9H,10-11H2,1H3,(H,21,22,25). The van der Waals surface area contributed by atoms with Gasteiger partial charge in [-0.1, -0.05) is 76.6 Å². The molecule has 0 spiro atoms. The van der Waals surface area contributed by atoms with E-state index >= 15 is 0 Å². The van der Waals surface area contributed by atoms with Crippen LogP contribution in [0.5, 0.6) is 0 Å². The van der Waals surface area contributed by atoms with Crippen LogP contribution in [0.25, 0.3) is 0 Å². The second kappa shape index (κ2) is 9.97. The molecule has 30 heavy (non-hydrogen) atoms. The first-order chi connectivity index (χ1) is 14.2. The first kappa shape index (κ1) is 22.8. The Hall–Kier alpha value is -1.85. The van der Waals surface area contributed by atoms with Crippen LogP contribution in [-0.4, -0.2) is 37.3 Å². The minimum absolute atomic E-state index is 0.122. The average molecular weight is 503 g/mol. The summed E-state index contributed by atoms with van der Waals surface area (Å²) in [4.78, 5) is 12.5. The van der Waals surface area contributed by atoms with Crippen molar-refractivity contribution in [2.75, 3.05) is 22.4 Å². The largest absolute Gasteiger partial charge is 0.299 e. The van der Waals surface area contributed by atoms with Gasteiger partial charge in [0, 0.05) is 10.8 Å². The van der Waals surface area contributed by atoms with Gasteiger partial charge in [0.05, 0.1) is 17.0 Å². The number of nitrogens with one attached hydrogen (secondary N) is 1. The van der Waals surface area contributed by atoms with Crippen molar-refractivity contribution in [1.82, 2.24) is 10.2 Å². The minimum atomic E-state index is -3.77. The van der Waals surface area contributed by atoms with Gasteiger partial charge in [-0.15, -0.1) is 10.2 Å². The Balaban J connectivity index is 1.65. The molecular formula is C18H16Cl2N4O3S3. The fourth-order valence-electron chi connectivity index (χ4n) is 2.39. The smallest absolute Gasteiger partial charge is 0.246 e. The van der Waals surface area contributed by atoms with Crippen molar-refractivity contribution in [3.63, 3.8) is 0 Å². The summed E-state index contributed by atoms with van der Waals surface area (Å²) in [6.07, 6.45) is 0.995. The quantitative estimate of drug-likeness (QED) is 0.359. The lowest BCUT2D eigenvalue weighted by atomic mass is 10.2. The molecule has 0 unspecified atom stereocenters. The fraction of sp³-hybridized carbons (Fsp3) is 0.167. The predicted molar refractivity (Wildman–Crippen MR) is 123 cm³/mol. The Morgan fingerprint density at radius 2 is 1.90 bits per heavy atom. The van der Waals surface area contributed by atoms with Crippen molar-refractivity contribution in [3.05, 3.63) is 64.1 Å². The molecule has 1 aromatic heterocycles. The predicted octanol–water partition coefficient (Wildman–Crippen LogP) is 4.54.